The normalized spacial score (nSPS) is 32.3. The number of piperidine rings is 1. The van der Waals surface area contributed by atoms with Crippen LogP contribution in [0.2, 0.25) is 0 Å². The van der Waals surface area contributed by atoms with Crippen LogP contribution < -0.4 is 0 Å². The van der Waals surface area contributed by atoms with E-state index in [9.17, 15) is 14.7 Å². The molecule has 5 heteroatoms. The molecule has 2 atom stereocenters. The molecule has 1 heterocycles. The predicted octanol–water partition coefficient (Wildman–Crippen LogP) is 3.91. The Morgan fingerprint density at radius 2 is 1.70 bits per heavy atom. The Balaban J connectivity index is 2.33. The predicted molar refractivity (Wildman–Crippen MR) is 88.2 cm³/mol. The number of carbonyl (C=O) groups is 2. The van der Waals surface area contributed by atoms with Crippen LogP contribution in [0.25, 0.3) is 0 Å². The molecule has 0 bridgehead atoms. The van der Waals surface area contributed by atoms with Crippen molar-refractivity contribution in [2.24, 2.45) is 16.2 Å². The van der Waals surface area contributed by atoms with E-state index in [0.29, 0.717) is 19.4 Å². The first kappa shape index (κ1) is 18.1. The van der Waals surface area contributed by atoms with Crippen LogP contribution in [-0.2, 0) is 9.53 Å². The van der Waals surface area contributed by atoms with E-state index >= 15 is 0 Å². The first-order chi connectivity index (χ1) is 10.2. The van der Waals surface area contributed by atoms with Crippen molar-refractivity contribution in [3.05, 3.63) is 0 Å². The minimum absolute atomic E-state index is 0.0217. The summed E-state index contributed by atoms with van der Waals surface area (Å²) >= 11 is 0. The number of nitrogens with zero attached hydrogens (tertiary/aromatic N) is 1. The van der Waals surface area contributed by atoms with Gasteiger partial charge < -0.3 is 14.7 Å². The number of likely N-dealkylation sites (tertiary alicyclic amines) is 1. The molecule has 0 spiro atoms. The number of carboxylic acid groups (broad SMARTS) is 1. The second kappa shape index (κ2) is 5.12. The largest absolute Gasteiger partial charge is 0.481 e. The molecule has 1 saturated carbocycles. The fourth-order valence-electron chi connectivity index (χ4n) is 4.09. The Morgan fingerprint density at radius 1 is 1.17 bits per heavy atom. The zero-order valence-electron chi connectivity index (χ0n) is 15.5. The zero-order valence-corrected chi connectivity index (χ0v) is 15.5. The van der Waals surface area contributed by atoms with Crippen LogP contribution in [0.5, 0.6) is 0 Å². The van der Waals surface area contributed by atoms with E-state index in [4.69, 9.17) is 4.74 Å². The van der Waals surface area contributed by atoms with Crippen molar-refractivity contribution >= 4 is 12.1 Å². The molecule has 1 aliphatic heterocycles. The van der Waals surface area contributed by atoms with Crippen molar-refractivity contribution in [1.29, 1.82) is 0 Å². The fraction of sp³-hybridized carbons (Fsp3) is 0.889. The van der Waals surface area contributed by atoms with Crippen molar-refractivity contribution in [2.75, 3.05) is 6.54 Å². The lowest BCUT2D eigenvalue weighted by molar-refractivity contribution is -0.149. The number of carboxylic acids is 1. The van der Waals surface area contributed by atoms with E-state index in [0.717, 1.165) is 6.42 Å². The summed E-state index contributed by atoms with van der Waals surface area (Å²) in [5, 5.41) is 9.88. The average molecular weight is 325 g/mol. The maximum atomic E-state index is 12.7. The first-order valence-electron chi connectivity index (χ1n) is 8.45. The van der Waals surface area contributed by atoms with Crippen LogP contribution in [0, 0.1) is 16.2 Å². The summed E-state index contributed by atoms with van der Waals surface area (Å²) in [4.78, 5) is 26.5. The van der Waals surface area contributed by atoms with E-state index < -0.39 is 23.1 Å². The molecule has 0 aromatic carbocycles. The summed E-state index contributed by atoms with van der Waals surface area (Å²) in [5.41, 5.74) is -1.74. The van der Waals surface area contributed by atoms with Gasteiger partial charge in [-0.2, -0.15) is 0 Å². The maximum absolute atomic E-state index is 12.7. The van der Waals surface area contributed by atoms with Crippen LogP contribution in [0.1, 0.15) is 67.7 Å². The molecule has 1 aliphatic carbocycles. The lowest BCUT2D eigenvalue weighted by atomic mass is 9.75. The van der Waals surface area contributed by atoms with Crippen LogP contribution in [0.4, 0.5) is 4.79 Å². The summed E-state index contributed by atoms with van der Waals surface area (Å²) < 4.78 is 5.57. The molecule has 1 amide bonds. The molecule has 2 rings (SSSR count). The van der Waals surface area contributed by atoms with Gasteiger partial charge in [0.1, 0.15) is 5.60 Å². The van der Waals surface area contributed by atoms with E-state index in [-0.39, 0.29) is 16.9 Å². The van der Waals surface area contributed by atoms with Crippen LogP contribution in [-0.4, -0.2) is 40.3 Å². The Morgan fingerprint density at radius 3 is 2.09 bits per heavy atom. The molecular formula is C18H31NO4. The second-order valence-corrected chi connectivity index (χ2v) is 9.66. The van der Waals surface area contributed by atoms with Gasteiger partial charge >= 0.3 is 12.1 Å². The van der Waals surface area contributed by atoms with Gasteiger partial charge in [-0.05, 0) is 50.9 Å². The topological polar surface area (TPSA) is 66.8 Å². The van der Waals surface area contributed by atoms with Gasteiger partial charge in [-0.1, -0.05) is 27.7 Å². The van der Waals surface area contributed by atoms with Crippen LogP contribution >= 0.6 is 0 Å². The van der Waals surface area contributed by atoms with E-state index in [2.05, 4.69) is 13.8 Å². The van der Waals surface area contributed by atoms with Crippen LogP contribution in [0.15, 0.2) is 0 Å². The third-order valence-electron chi connectivity index (χ3n) is 5.45. The number of hydrogen-bond acceptors (Lipinski definition) is 3. The van der Waals surface area contributed by atoms with Gasteiger partial charge in [0.15, 0.2) is 0 Å². The smallest absolute Gasteiger partial charge is 0.410 e. The van der Waals surface area contributed by atoms with Crippen molar-refractivity contribution < 1.29 is 19.4 Å². The molecule has 1 N–H and O–H groups in total. The summed E-state index contributed by atoms with van der Waals surface area (Å²) in [6.07, 6.45) is 1.85. The van der Waals surface area contributed by atoms with Gasteiger partial charge in [-0.15, -0.1) is 0 Å². The van der Waals surface area contributed by atoms with Crippen molar-refractivity contribution in [2.45, 2.75) is 79.4 Å². The third kappa shape index (κ3) is 3.20. The molecule has 1 saturated heterocycles. The standard InChI is InChI=1S/C18H31NO4/c1-15(2,3)23-14(22)19-11-16(4,5)9-8-12(19)18(13(20)21)10-17(18,6)7/h12H,8-11H2,1-7H3,(H,20,21). The van der Waals surface area contributed by atoms with E-state index in [1.807, 2.05) is 34.6 Å². The summed E-state index contributed by atoms with van der Waals surface area (Å²) in [6.45, 7) is 14.2. The lowest BCUT2D eigenvalue weighted by Crippen LogP contribution is -2.57. The Kier molecular flexibility index (Phi) is 4.02. The van der Waals surface area contributed by atoms with E-state index in [1.165, 1.54) is 0 Å². The monoisotopic (exact) mass is 325 g/mol. The molecular weight excluding hydrogens is 294 g/mol. The Bertz CT molecular complexity index is 518. The molecule has 0 aromatic heterocycles. The van der Waals surface area contributed by atoms with Gasteiger partial charge in [0.2, 0.25) is 0 Å². The first-order valence-corrected chi connectivity index (χ1v) is 8.45. The number of hydrogen-bond donors (Lipinski definition) is 1. The van der Waals surface area contributed by atoms with Crippen molar-refractivity contribution in [3.8, 4) is 0 Å². The summed E-state index contributed by atoms with van der Waals surface area (Å²) in [7, 11) is 0. The quantitative estimate of drug-likeness (QED) is 0.836. The summed E-state index contributed by atoms with van der Waals surface area (Å²) in [6, 6.07) is -0.294. The number of ether oxygens (including phenoxy) is 1. The molecule has 5 nitrogen and oxygen atoms in total. The van der Waals surface area contributed by atoms with Crippen molar-refractivity contribution in [1.82, 2.24) is 4.90 Å². The van der Waals surface area contributed by atoms with Crippen LogP contribution in [0.3, 0.4) is 0 Å². The number of aliphatic carboxylic acids is 1. The lowest BCUT2D eigenvalue weighted by Gasteiger charge is -2.46. The third-order valence-corrected chi connectivity index (χ3v) is 5.45. The average Bonchev–Trinajstić information content (AvgIpc) is 2.90. The number of rotatable bonds is 2. The highest BCUT2D eigenvalue weighted by Gasteiger charge is 2.72. The molecule has 23 heavy (non-hydrogen) atoms. The zero-order chi connectivity index (χ0) is 17.8. The maximum Gasteiger partial charge on any atom is 0.410 e. The SMILES string of the molecule is CC1(C)CCC(C2(C(=O)O)CC2(C)C)N(C(=O)OC(C)(C)C)C1. The Hall–Kier alpha value is -1.26. The van der Waals surface area contributed by atoms with Gasteiger partial charge in [0.05, 0.1) is 11.5 Å². The number of carbonyl (C=O) groups excluding carboxylic acids is 1. The Labute approximate surface area is 139 Å². The molecule has 0 radical (unpaired) electrons. The summed E-state index contributed by atoms with van der Waals surface area (Å²) in [5.74, 6) is -0.791. The second-order valence-electron chi connectivity index (χ2n) is 9.66. The van der Waals surface area contributed by atoms with E-state index in [1.54, 1.807) is 4.90 Å². The van der Waals surface area contributed by atoms with Gasteiger partial charge in [0, 0.05) is 6.54 Å². The highest BCUT2D eigenvalue weighted by atomic mass is 16.6. The highest BCUT2D eigenvalue weighted by molar-refractivity contribution is 5.82. The molecule has 2 fully saturated rings. The number of amides is 1. The molecule has 0 aromatic rings. The molecule has 2 unspecified atom stereocenters. The van der Waals surface area contributed by atoms with Gasteiger partial charge in [-0.25, -0.2) is 4.79 Å². The minimum atomic E-state index is -0.847. The fourth-order valence-corrected chi connectivity index (χ4v) is 4.09. The van der Waals surface area contributed by atoms with Gasteiger partial charge in [-0.3, -0.25) is 4.79 Å². The highest BCUT2D eigenvalue weighted by Crippen LogP contribution is 2.68. The van der Waals surface area contributed by atoms with Gasteiger partial charge in [0.25, 0.3) is 0 Å². The minimum Gasteiger partial charge on any atom is -0.481 e. The van der Waals surface area contributed by atoms with Crippen molar-refractivity contribution in [3.63, 3.8) is 0 Å². The molecule has 2 aliphatic rings. The molecule has 132 valence electrons.